The standard InChI is InChI=1S/C11H15ClFNO4S/c1-2-18-4-3-14-19(16,17)10-6-9(12)5-8(7-15)11(10)13/h5-6,14-15H,2-4,7H2,1H3. The van der Waals surface area contributed by atoms with Crippen molar-refractivity contribution < 1.29 is 22.7 Å². The Hall–Kier alpha value is -0.730. The molecule has 0 aromatic heterocycles. The lowest BCUT2D eigenvalue weighted by molar-refractivity contribution is 0.153. The Kier molecular flexibility index (Phi) is 6.15. The van der Waals surface area contributed by atoms with Crippen molar-refractivity contribution in [2.75, 3.05) is 19.8 Å². The van der Waals surface area contributed by atoms with Crippen LogP contribution >= 0.6 is 11.6 Å². The Labute approximate surface area is 116 Å². The van der Waals surface area contributed by atoms with E-state index in [1.165, 1.54) is 6.07 Å². The van der Waals surface area contributed by atoms with Gasteiger partial charge in [-0.1, -0.05) is 11.6 Å². The molecule has 0 aliphatic carbocycles. The van der Waals surface area contributed by atoms with Crippen molar-refractivity contribution in [1.29, 1.82) is 0 Å². The van der Waals surface area contributed by atoms with E-state index in [-0.39, 0.29) is 23.7 Å². The molecule has 0 heterocycles. The Morgan fingerprint density at radius 2 is 2.16 bits per heavy atom. The van der Waals surface area contributed by atoms with Gasteiger partial charge >= 0.3 is 0 Å². The third-order valence-electron chi connectivity index (χ3n) is 2.28. The summed E-state index contributed by atoms with van der Waals surface area (Å²) >= 11 is 5.70. The Balaban J connectivity index is 2.98. The SMILES string of the molecule is CCOCCNS(=O)(=O)c1cc(Cl)cc(CO)c1F. The van der Waals surface area contributed by atoms with Gasteiger partial charge in [0.1, 0.15) is 10.7 Å². The Morgan fingerprint density at radius 3 is 2.74 bits per heavy atom. The third-order valence-corrected chi connectivity index (χ3v) is 3.96. The first-order valence-corrected chi connectivity index (χ1v) is 7.44. The lowest BCUT2D eigenvalue weighted by Crippen LogP contribution is -2.28. The van der Waals surface area contributed by atoms with Crippen LogP contribution < -0.4 is 4.72 Å². The molecule has 0 aliphatic heterocycles. The molecule has 0 spiro atoms. The predicted octanol–water partition coefficient (Wildman–Crippen LogP) is 1.29. The van der Waals surface area contributed by atoms with Crippen molar-refractivity contribution in [2.24, 2.45) is 0 Å². The smallest absolute Gasteiger partial charge is 0.243 e. The predicted molar refractivity (Wildman–Crippen MR) is 69.0 cm³/mol. The van der Waals surface area contributed by atoms with Crippen LogP contribution in [-0.4, -0.2) is 33.3 Å². The first-order valence-electron chi connectivity index (χ1n) is 5.58. The molecule has 0 aliphatic rings. The summed E-state index contributed by atoms with van der Waals surface area (Å²) in [6, 6.07) is 2.18. The fourth-order valence-corrected chi connectivity index (χ4v) is 2.86. The van der Waals surface area contributed by atoms with Gasteiger partial charge < -0.3 is 9.84 Å². The van der Waals surface area contributed by atoms with Crippen molar-refractivity contribution in [1.82, 2.24) is 4.72 Å². The van der Waals surface area contributed by atoms with Crippen molar-refractivity contribution in [2.45, 2.75) is 18.4 Å². The second-order valence-electron chi connectivity index (χ2n) is 3.63. The summed E-state index contributed by atoms with van der Waals surface area (Å²) in [5, 5.41) is 8.98. The second-order valence-corrected chi connectivity index (χ2v) is 5.80. The van der Waals surface area contributed by atoms with Gasteiger partial charge in [-0.15, -0.1) is 0 Å². The molecule has 0 amide bonds. The minimum Gasteiger partial charge on any atom is -0.392 e. The number of rotatable bonds is 7. The summed E-state index contributed by atoms with van der Waals surface area (Å²) in [5.74, 6) is -1.00. The van der Waals surface area contributed by atoms with Crippen molar-refractivity contribution in [3.63, 3.8) is 0 Å². The Bertz CT molecular complexity index is 536. The van der Waals surface area contributed by atoms with Crippen LogP contribution in [0, 0.1) is 5.82 Å². The maximum absolute atomic E-state index is 13.9. The minimum atomic E-state index is -4.03. The van der Waals surface area contributed by atoms with Crippen LogP contribution in [0.3, 0.4) is 0 Å². The molecule has 8 heteroatoms. The molecule has 0 bridgehead atoms. The fourth-order valence-electron chi connectivity index (χ4n) is 1.40. The van der Waals surface area contributed by atoms with Crippen molar-refractivity contribution in [3.05, 3.63) is 28.5 Å². The molecule has 1 aromatic carbocycles. The molecular formula is C11H15ClFNO4S. The van der Waals surface area contributed by atoms with Gasteiger partial charge in [-0.05, 0) is 19.1 Å². The van der Waals surface area contributed by atoms with Crippen molar-refractivity contribution >= 4 is 21.6 Å². The Morgan fingerprint density at radius 1 is 1.47 bits per heavy atom. The number of hydrogen-bond donors (Lipinski definition) is 2. The number of ether oxygens (including phenoxy) is 1. The maximum atomic E-state index is 13.9. The first-order chi connectivity index (χ1) is 8.92. The number of benzene rings is 1. The summed E-state index contributed by atoms with van der Waals surface area (Å²) < 4.78 is 44.8. The highest BCUT2D eigenvalue weighted by Crippen LogP contribution is 2.23. The molecule has 108 valence electrons. The molecule has 0 fully saturated rings. The highest BCUT2D eigenvalue weighted by Gasteiger charge is 2.21. The summed E-state index contributed by atoms with van der Waals surface area (Å²) in [4.78, 5) is -0.583. The van der Waals surface area contributed by atoms with Crippen LogP contribution in [0.15, 0.2) is 17.0 Å². The molecule has 0 unspecified atom stereocenters. The van der Waals surface area contributed by atoms with E-state index < -0.39 is 27.3 Å². The molecule has 1 rings (SSSR count). The van der Waals surface area contributed by atoms with E-state index in [9.17, 15) is 12.8 Å². The molecule has 2 N–H and O–H groups in total. The summed E-state index contributed by atoms with van der Waals surface area (Å²) in [5.41, 5.74) is -0.169. The van der Waals surface area contributed by atoms with Crippen LogP contribution in [0.4, 0.5) is 4.39 Å². The van der Waals surface area contributed by atoms with E-state index in [1.807, 2.05) is 0 Å². The van der Waals surface area contributed by atoms with Gasteiger partial charge in [-0.2, -0.15) is 0 Å². The van der Waals surface area contributed by atoms with E-state index in [2.05, 4.69) is 4.72 Å². The topological polar surface area (TPSA) is 75.6 Å². The maximum Gasteiger partial charge on any atom is 0.243 e. The monoisotopic (exact) mass is 311 g/mol. The van der Waals surface area contributed by atoms with Crippen LogP contribution in [0.2, 0.25) is 5.02 Å². The van der Waals surface area contributed by atoms with E-state index in [0.29, 0.717) is 6.61 Å². The number of hydrogen-bond acceptors (Lipinski definition) is 4. The van der Waals surface area contributed by atoms with E-state index in [0.717, 1.165) is 6.07 Å². The zero-order valence-corrected chi connectivity index (χ0v) is 11.9. The number of halogens is 2. The molecule has 5 nitrogen and oxygen atoms in total. The number of aliphatic hydroxyl groups is 1. The van der Waals surface area contributed by atoms with Crippen LogP contribution in [0.25, 0.3) is 0 Å². The molecule has 1 aromatic rings. The van der Waals surface area contributed by atoms with Gasteiger partial charge in [-0.25, -0.2) is 17.5 Å². The van der Waals surface area contributed by atoms with Crippen LogP contribution in [0.5, 0.6) is 0 Å². The lowest BCUT2D eigenvalue weighted by atomic mass is 10.2. The van der Waals surface area contributed by atoms with Crippen LogP contribution in [0.1, 0.15) is 12.5 Å². The quantitative estimate of drug-likeness (QED) is 0.744. The number of aliphatic hydroxyl groups excluding tert-OH is 1. The van der Waals surface area contributed by atoms with Gasteiger partial charge in [0.2, 0.25) is 10.0 Å². The van der Waals surface area contributed by atoms with E-state index in [1.54, 1.807) is 6.92 Å². The summed E-state index contributed by atoms with van der Waals surface area (Å²) in [7, 11) is -4.03. The molecule has 19 heavy (non-hydrogen) atoms. The van der Waals surface area contributed by atoms with E-state index in [4.69, 9.17) is 21.4 Å². The van der Waals surface area contributed by atoms with Gasteiger partial charge in [-0.3, -0.25) is 0 Å². The first kappa shape index (κ1) is 16.3. The third kappa shape index (κ3) is 4.39. The average molecular weight is 312 g/mol. The zero-order chi connectivity index (χ0) is 14.5. The molecule has 0 atom stereocenters. The second kappa shape index (κ2) is 7.16. The molecular weight excluding hydrogens is 297 g/mol. The molecule has 0 saturated carbocycles. The van der Waals surface area contributed by atoms with Gasteiger partial charge in [0.05, 0.1) is 13.2 Å². The van der Waals surface area contributed by atoms with Crippen LogP contribution in [-0.2, 0) is 21.4 Å². The average Bonchev–Trinajstić information content (AvgIpc) is 2.37. The highest BCUT2D eigenvalue weighted by atomic mass is 35.5. The molecule has 0 saturated heterocycles. The molecule has 0 radical (unpaired) electrons. The normalized spacial score (nSPS) is 11.8. The number of nitrogens with one attached hydrogen (secondary N) is 1. The van der Waals surface area contributed by atoms with E-state index >= 15 is 0 Å². The van der Waals surface area contributed by atoms with Gasteiger partial charge in [0.15, 0.2) is 0 Å². The van der Waals surface area contributed by atoms with Gasteiger partial charge in [0.25, 0.3) is 0 Å². The largest absolute Gasteiger partial charge is 0.392 e. The van der Waals surface area contributed by atoms with Crippen molar-refractivity contribution in [3.8, 4) is 0 Å². The lowest BCUT2D eigenvalue weighted by Gasteiger charge is -2.10. The fraction of sp³-hybridized carbons (Fsp3) is 0.455. The zero-order valence-electron chi connectivity index (χ0n) is 10.3. The summed E-state index contributed by atoms with van der Waals surface area (Å²) in [6.45, 7) is 1.82. The highest BCUT2D eigenvalue weighted by molar-refractivity contribution is 7.89. The van der Waals surface area contributed by atoms with Gasteiger partial charge in [0, 0.05) is 23.7 Å². The summed E-state index contributed by atoms with van der Waals surface area (Å²) in [6.07, 6.45) is 0. The number of sulfonamides is 1. The minimum absolute atomic E-state index is 0.0244.